The maximum Gasteiger partial charge on any atom is 0.430 e. The second-order valence-electron chi connectivity index (χ2n) is 15.2. The Morgan fingerprint density at radius 3 is 1.00 bits per heavy atom. The van der Waals surface area contributed by atoms with Crippen LogP contribution < -0.4 is 0 Å². The molecule has 1 aromatic carbocycles. The normalized spacial score (nSPS) is 20.8. The zero-order chi connectivity index (χ0) is 44.6. The Morgan fingerprint density at radius 2 is 0.759 bits per heavy atom. The van der Waals surface area contributed by atoms with Crippen molar-refractivity contribution in [3.8, 4) is 0 Å². The van der Waals surface area contributed by atoms with E-state index in [-0.39, 0.29) is 69.9 Å². The number of rotatable bonds is 14. The molecule has 22 heteroatoms. The first-order valence-electron chi connectivity index (χ1n) is 18.3. The number of hydrogen-bond acceptors (Lipinski definition) is 4. The summed E-state index contributed by atoms with van der Waals surface area (Å²) < 4.78 is 283. The van der Waals surface area contributed by atoms with Gasteiger partial charge in [0.25, 0.3) is 11.2 Å². The van der Waals surface area contributed by atoms with Crippen molar-refractivity contribution in [3.05, 3.63) is 34.9 Å². The molecule has 338 valence electrons. The van der Waals surface area contributed by atoms with Gasteiger partial charge in [-0.1, -0.05) is 64.5 Å². The molecule has 2 aliphatic carbocycles. The second-order valence-corrected chi connectivity index (χ2v) is 15.2. The van der Waals surface area contributed by atoms with Crippen LogP contribution in [0.3, 0.4) is 0 Å². The Kier molecular flexibility index (Phi) is 14.9. The quantitative estimate of drug-likeness (QED) is 0.138. The number of hydrogen-bond donors (Lipinski definition) is 0. The first-order chi connectivity index (χ1) is 26.2. The molecule has 58 heavy (non-hydrogen) atoms. The Morgan fingerprint density at radius 1 is 0.466 bits per heavy atom. The van der Waals surface area contributed by atoms with Gasteiger partial charge in [-0.05, 0) is 75.3 Å². The van der Waals surface area contributed by atoms with Gasteiger partial charge in [0.1, 0.15) is 13.6 Å². The predicted octanol–water partition coefficient (Wildman–Crippen LogP) is 13.6. The summed E-state index contributed by atoms with van der Waals surface area (Å²) in [5.41, 5.74) is -24.8. The molecule has 2 aliphatic rings. The summed E-state index contributed by atoms with van der Waals surface area (Å²) in [5, 5.41) is 0. The highest BCUT2D eigenvalue weighted by atomic mass is 19.4. The number of benzene rings is 1. The third-order valence-corrected chi connectivity index (χ3v) is 11.7. The zero-order valence-electron chi connectivity index (χ0n) is 31.6. The fraction of sp³-hybridized carbons (Fsp3) is 0.833. The van der Waals surface area contributed by atoms with Gasteiger partial charge < -0.3 is 18.9 Å². The summed E-state index contributed by atoms with van der Waals surface area (Å²) >= 11 is 0. The van der Waals surface area contributed by atoms with E-state index in [0.717, 1.165) is 6.92 Å². The number of ether oxygens (including phenoxy) is 4. The van der Waals surface area contributed by atoms with Crippen LogP contribution in [0.15, 0.2) is 18.2 Å². The highest BCUT2D eigenvalue weighted by molar-refractivity contribution is 5.42. The molecule has 1 aromatic rings. The molecule has 3 unspecified atom stereocenters. The van der Waals surface area contributed by atoms with E-state index in [4.69, 9.17) is 0 Å². The maximum atomic E-state index is 15.0. The Hall–Kier alpha value is -2.20. The summed E-state index contributed by atoms with van der Waals surface area (Å²) in [4.78, 5) is 0. The Bertz CT molecular complexity index is 1350. The minimum Gasteiger partial charge on any atom is -0.339 e. The van der Waals surface area contributed by atoms with Crippen LogP contribution in [0.2, 0.25) is 0 Å². The number of alkyl halides is 18. The fourth-order valence-corrected chi connectivity index (χ4v) is 7.70. The van der Waals surface area contributed by atoms with Crippen LogP contribution in [0.4, 0.5) is 79.0 Å². The standard InChI is InChI=1S/C36H44F18O4/c1-5-21(2)22-16-25(29(33(43,44)45,34(46,47)48)57-19-55-27(3,31(37,38)39)23-12-8-6-9-13-23)18-26(17-22)30(35(49,50)51,36(52,53)54)58-20-56-28(4,32(40,41)42)24-14-10-7-11-15-24/h16-18,21,23-24H,5-15,19-20H2,1-4H3. The fourth-order valence-electron chi connectivity index (χ4n) is 7.70. The average molecular weight is 883 g/mol. The minimum absolute atomic E-state index is 0.0689. The van der Waals surface area contributed by atoms with Crippen molar-refractivity contribution in [2.45, 2.75) is 164 Å². The van der Waals surface area contributed by atoms with Crippen LogP contribution in [0, 0.1) is 11.8 Å². The first-order valence-corrected chi connectivity index (χ1v) is 18.3. The molecule has 0 heterocycles. The molecule has 0 radical (unpaired) electrons. The maximum absolute atomic E-state index is 15.0. The SMILES string of the molecule is CCC(C)c1cc(C(OCOC(C)(C2CCCCC2)C(F)(F)F)(C(F)(F)F)C(F)(F)F)cc(C(OCOC(C)(C2CCCCC2)C(F)(F)F)(C(F)(F)F)C(F)(F)F)c1. The van der Waals surface area contributed by atoms with Crippen LogP contribution >= 0.6 is 0 Å². The van der Waals surface area contributed by atoms with Crippen molar-refractivity contribution in [1.82, 2.24) is 0 Å². The van der Waals surface area contributed by atoms with E-state index < -0.39 is 114 Å². The summed E-state index contributed by atoms with van der Waals surface area (Å²) in [6, 6.07) is -0.983. The first kappa shape index (κ1) is 50.2. The second kappa shape index (κ2) is 17.3. The van der Waals surface area contributed by atoms with Crippen molar-refractivity contribution in [2.24, 2.45) is 11.8 Å². The van der Waals surface area contributed by atoms with Gasteiger partial charge in [-0.25, -0.2) is 0 Å². The van der Waals surface area contributed by atoms with E-state index in [1.54, 1.807) is 0 Å². The van der Waals surface area contributed by atoms with Crippen LogP contribution in [0.5, 0.6) is 0 Å². The van der Waals surface area contributed by atoms with Crippen molar-refractivity contribution < 1.29 is 98.0 Å². The van der Waals surface area contributed by atoms with Gasteiger partial charge >= 0.3 is 37.1 Å². The topological polar surface area (TPSA) is 36.9 Å². The van der Waals surface area contributed by atoms with Crippen LogP contribution in [-0.2, 0) is 30.1 Å². The highest BCUT2D eigenvalue weighted by Gasteiger charge is 2.77. The van der Waals surface area contributed by atoms with Gasteiger partial charge in [-0.15, -0.1) is 0 Å². The van der Waals surface area contributed by atoms with E-state index in [1.807, 2.05) is 0 Å². The van der Waals surface area contributed by atoms with Crippen LogP contribution in [0.1, 0.15) is 121 Å². The molecule has 3 atom stereocenters. The summed E-state index contributed by atoms with van der Waals surface area (Å²) in [7, 11) is 0. The van der Waals surface area contributed by atoms with Crippen LogP contribution in [-0.4, -0.2) is 61.8 Å². The molecular weight excluding hydrogens is 838 g/mol. The van der Waals surface area contributed by atoms with E-state index in [0.29, 0.717) is 26.7 Å². The van der Waals surface area contributed by atoms with Gasteiger partial charge in [-0.3, -0.25) is 0 Å². The van der Waals surface area contributed by atoms with Crippen molar-refractivity contribution in [1.29, 1.82) is 0 Å². The largest absolute Gasteiger partial charge is 0.430 e. The summed E-state index contributed by atoms with van der Waals surface area (Å²) in [5.74, 6) is -4.40. The van der Waals surface area contributed by atoms with Crippen molar-refractivity contribution >= 4 is 0 Å². The van der Waals surface area contributed by atoms with Gasteiger partial charge in [0.2, 0.25) is 0 Å². The molecule has 0 amide bonds. The lowest BCUT2D eigenvalue weighted by molar-refractivity contribution is -0.416. The van der Waals surface area contributed by atoms with Gasteiger partial charge in [-0.2, -0.15) is 79.0 Å². The molecule has 2 fully saturated rings. The molecule has 4 nitrogen and oxygen atoms in total. The van der Waals surface area contributed by atoms with Crippen molar-refractivity contribution in [2.75, 3.05) is 13.6 Å². The molecule has 0 N–H and O–H groups in total. The molecule has 3 rings (SSSR count). The predicted molar refractivity (Wildman–Crippen MR) is 169 cm³/mol. The monoisotopic (exact) mass is 882 g/mol. The molecule has 0 spiro atoms. The van der Waals surface area contributed by atoms with E-state index in [2.05, 4.69) is 18.9 Å². The average Bonchev–Trinajstić information content (AvgIpc) is 3.08. The van der Waals surface area contributed by atoms with E-state index in [9.17, 15) is 79.0 Å². The van der Waals surface area contributed by atoms with Gasteiger partial charge in [0.15, 0.2) is 11.2 Å². The Balaban J connectivity index is 2.32. The number of halogens is 18. The molecule has 0 aliphatic heterocycles. The van der Waals surface area contributed by atoms with Gasteiger partial charge in [0.05, 0.1) is 0 Å². The smallest absolute Gasteiger partial charge is 0.339 e. The highest BCUT2D eigenvalue weighted by Crippen LogP contribution is 2.58. The van der Waals surface area contributed by atoms with E-state index in [1.165, 1.54) is 6.92 Å². The van der Waals surface area contributed by atoms with E-state index >= 15 is 0 Å². The summed E-state index contributed by atoms with van der Waals surface area (Å²) in [6.07, 6.45) is -37.9. The zero-order valence-corrected chi connectivity index (χ0v) is 31.6. The molecule has 0 saturated heterocycles. The van der Waals surface area contributed by atoms with Crippen molar-refractivity contribution in [3.63, 3.8) is 0 Å². The lowest BCUT2D eigenvalue weighted by Gasteiger charge is -2.43. The lowest BCUT2D eigenvalue weighted by atomic mass is 9.77. The molecule has 0 bridgehead atoms. The third kappa shape index (κ3) is 9.48. The summed E-state index contributed by atoms with van der Waals surface area (Å²) in [6.45, 7) is -2.02. The Labute approximate surface area is 322 Å². The third-order valence-electron chi connectivity index (χ3n) is 11.7. The van der Waals surface area contributed by atoms with Gasteiger partial charge in [0, 0.05) is 11.1 Å². The minimum atomic E-state index is -6.88. The lowest BCUT2D eigenvalue weighted by Crippen LogP contribution is -2.59. The molecular formula is C36H44F18O4. The molecule has 2 saturated carbocycles. The molecule has 0 aromatic heterocycles. The van der Waals surface area contributed by atoms with Crippen LogP contribution in [0.25, 0.3) is 0 Å².